The molecule has 1 N–H and O–H groups in total. The van der Waals surface area contributed by atoms with Crippen molar-refractivity contribution >= 4 is 29.1 Å². The lowest BCUT2D eigenvalue weighted by molar-refractivity contribution is 0.0950. The predicted molar refractivity (Wildman–Crippen MR) is 90.7 cm³/mol. The van der Waals surface area contributed by atoms with Crippen molar-refractivity contribution in [2.45, 2.75) is 44.6 Å². The van der Waals surface area contributed by atoms with Gasteiger partial charge < -0.3 is 10.2 Å². The third-order valence-electron chi connectivity index (χ3n) is 4.20. The molecule has 0 bridgehead atoms. The van der Waals surface area contributed by atoms with Crippen molar-refractivity contribution in [1.82, 2.24) is 15.2 Å². The van der Waals surface area contributed by atoms with Crippen LogP contribution in [-0.2, 0) is 0 Å². The number of halogens is 2. The fourth-order valence-electron chi connectivity index (χ4n) is 2.93. The number of nitrogens with one attached hydrogen (secondary N) is 1. The molecule has 22 heavy (non-hydrogen) atoms. The Morgan fingerprint density at radius 1 is 1.27 bits per heavy atom. The zero-order valence-electron chi connectivity index (χ0n) is 12.9. The van der Waals surface area contributed by atoms with E-state index in [1.165, 1.54) is 44.2 Å². The molecule has 1 aliphatic rings. The second-order valence-electron chi connectivity index (χ2n) is 5.88. The number of pyridine rings is 1. The monoisotopic (exact) mass is 343 g/mol. The first-order valence-corrected chi connectivity index (χ1v) is 8.63. The lowest BCUT2D eigenvalue weighted by atomic mass is 9.94. The molecule has 0 spiro atoms. The average molecular weight is 344 g/mol. The molecular formula is C16H23Cl2N3O. The van der Waals surface area contributed by atoms with Gasteiger partial charge in [0.2, 0.25) is 0 Å². The zero-order chi connectivity index (χ0) is 15.9. The van der Waals surface area contributed by atoms with Gasteiger partial charge in [-0.25, -0.2) is 4.98 Å². The van der Waals surface area contributed by atoms with Gasteiger partial charge in [0.05, 0.1) is 0 Å². The molecule has 1 aromatic rings. The summed E-state index contributed by atoms with van der Waals surface area (Å²) in [6.07, 6.45) is 7.60. The van der Waals surface area contributed by atoms with Crippen LogP contribution in [0.25, 0.3) is 0 Å². The molecule has 2 rings (SSSR count). The molecule has 1 aliphatic carbocycles. The maximum Gasteiger partial charge on any atom is 0.251 e. The summed E-state index contributed by atoms with van der Waals surface area (Å²) in [4.78, 5) is 18.3. The third kappa shape index (κ3) is 5.41. The number of nitrogens with zero attached hydrogens (tertiary/aromatic N) is 2. The van der Waals surface area contributed by atoms with Crippen molar-refractivity contribution in [3.8, 4) is 0 Å². The van der Waals surface area contributed by atoms with Gasteiger partial charge >= 0.3 is 0 Å². The number of rotatable bonds is 6. The largest absolute Gasteiger partial charge is 0.352 e. The van der Waals surface area contributed by atoms with E-state index >= 15 is 0 Å². The van der Waals surface area contributed by atoms with Crippen LogP contribution in [0.4, 0.5) is 0 Å². The first-order chi connectivity index (χ1) is 10.6. The third-order valence-corrected chi connectivity index (χ3v) is 4.58. The molecular weight excluding hydrogens is 321 g/mol. The van der Waals surface area contributed by atoms with Gasteiger partial charge in [-0.15, -0.1) is 0 Å². The quantitative estimate of drug-likeness (QED) is 0.631. The lowest BCUT2D eigenvalue weighted by Crippen LogP contribution is -2.35. The van der Waals surface area contributed by atoms with Crippen molar-refractivity contribution in [2.75, 3.05) is 20.1 Å². The number of hydrogen-bond donors (Lipinski definition) is 1. The van der Waals surface area contributed by atoms with Crippen LogP contribution in [0.15, 0.2) is 12.1 Å². The van der Waals surface area contributed by atoms with Crippen molar-refractivity contribution in [2.24, 2.45) is 0 Å². The second kappa shape index (κ2) is 8.70. The Balaban J connectivity index is 1.70. The first kappa shape index (κ1) is 17.5. The summed E-state index contributed by atoms with van der Waals surface area (Å²) in [6.45, 7) is 1.65. The highest BCUT2D eigenvalue weighted by Gasteiger charge is 2.17. The molecule has 0 atom stereocenters. The van der Waals surface area contributed by atoms with E-state index in [1.54, 1.807) is 0 Å². The summed E-state index contributed by atoms with van der Waals surface area (Å²) in [5.41, 5.74) is 0.450. The molecule has 1 heterocycles. The highest BCUT2D eigenvalue weighted by Crippen LogP contribution is 2.21. The van der Waals surface area contributed by atoms with Crippen LogP contribution >= 0.6 is 23.2 Å². The van der Waals surface area contributed by atoms with Gasteiger partial charge in [-0.05, 0) is 45.0 Å². The molecule has 1 aromatic heterocycles. The van der Waals surface area contributed by atoms with Gasteiger partial charge in [0.15, 0.2) is 0 Å². The number of carbonyl (C=O) groups is 1. The summed E-state index contributed by atoms with van der Waals surface area (Å²) in [7, 11) is 2.18. The smallest absolute Gasteiger partial charge is 0.251 e. The second-order valence-corrected chi connectivity index (χ2v) is 6.66. The van der Waals surface area contributed by atoms with Crippen LogP contribution in [-0.4, -0.2) is 42.0 Å². The molecule has 122 valence electrons. The molecule has 1 amide bonds. The summed E-state index contributed by atoms with van der Waals surface area (Å²) in [5.74, 6) is -0.161. The predicted octanol–water partition coefficient (Wildman–Crippen LogP) is 3.77. The number of aromatic nitrogens is 1. The van der Waals surface area contributed by atoms with E-state index in [-0.39, 0.29) is 16.2 Å². The molecule has 4 nitrogen and oxygen atoms in total. The Morgan fingerprint density at radius 3 is 2.55 bits per heavy atom. The molecule has 0 aliphatic heterocycles. The van der Waals surface area contributed by atoms with Crippen LogP contribution < -0.4 is 5.32 Å². The van der Waals surface area contributed by atoms with Gasteiger partial charge in [0.1, 0.15) is 10.3 Å². The molecule has 1 fully saturated rings. The molecule has 0 radical (unpaired) electrons. The minimum absolute atomic E-state index is 0.161. The van der Waals surface area contributed by atoms with Crippen molar-refractivity contribution in [1.29, 1.82) is 0 Å². The topological polar surface area (TPSA) is 45.2 Å². The normalized spacial score (nSPS) is 16.0. The van der Waals surface area contributed by atoms with Crippen molar-refractivity contribution in [3.63, 3.8) is 0 Å². The van der Waals surface area contributed by atoms with Crippen LogP contribution in [0.1, 0.15) is 48.9 Å². The highest BCUT2D eigenvalue weighted by atomic mass is 35.5. The van der Waals surface area contributed by atoms with E-state index < -0.39 is 0 Å². The van der Waals surface area contributed by atoms with Crippen molar-refractivity contribution in [3.05, 3.63) is 28.0 Å². The maximum atomic E-state index is 12.0. The first-order valence-electron chi connectivity index (χ1n) is 7.88. The Morgan fingerprint density at radius 2 is 1.91 bits per heavy atom. The van der Waals surface area contributed by atoms with Gasteiger partial charge in [-0.3, -0.25) is 4.79 Å². The van der Waals surface area contributed by atoms with Crippen LogP contribution in [0.2, 0.25) is 10.3 Å². The lowest BCUT2D eigenvalue weighted by Gasteiger charge is -2.31. The molecule has 0 unspecified atom stereocenters. The molecule has 0 aromatic carbocycles. The Labute approximate surface area is 142 Å². The fraction of sp³-hybridized carbons (Fsp3) is 0.625. The summed E-state index contributed by atoms with van der Waals surface area (Å²) >= 11 is 11.6. The standard InChI is InChI=1S/C16H23Cl2N3O/c1-21(13-6-3-2-4-7-13)9-5-8-19-16(22)12-10-14(17)20-15(18)11-12/h10-11,13H,2-9H2,1H3,(H,19,22). The van der Waals surface area contributed by atoms with Crippen LogP contribution in [0.5, 0.6) is 0 Å². The summed E-state index contributed by atoms with van der Waals surface area (Å²) < 4.78 is 0. The van der Waals surface area contributed by atoms with E-state index in [9.17, 15) is 4.79 Å². The van der Waals surface area contributed by atoms with E-state index in [0.29, 0.717) is 18.2 Å². The minimum atomic E-state index is -0.161. The highest BCUT2D eigenvalue weighted by molar-refractivity contribution is 6.33. The molecule has 1 saturated carbocycles. The van der Waals surface area contributed by atoms with E-state index in [2.05, 4.69) is 22.2 Å². The number of amides is 1. The van der Waals surface area contributed by atoms with Crippen LogP contribution in [0.3, 0.4) is 0 Å². The average Bonchev–Trinajstić information content (AvgIpc) is 2.51. The summed E-state index contributed by atoms with van der Waals surface area (Å²) in [5, 5.41) is 3.36. The molecule has 6 heteroatoms. The Kier molecular flexibility index (Phi) is 6.93. The number of hydrogen-bond acceptors (Lipinski definition) is 3. The van der Waals surface area contributed by atoms with Crippen molar-refractivity contribution < 1.29 is 4.79 Å². The van der Waals surface area contributed by atoms with E-state index in [1.807, 2.05) is 0 Å². The SMILES string of the molecule is CN(CCCNC(=O)c1cc(Cl)nc(Cl)c1)C1CCCCC1. The Bertz CT molecular complexity index is 484. The number of carbonyl (C=O) groups excluding carboxylic acids is 1. The van der Waals surface area contributed by atoms with E-state index in [0.717, 1.165) is 13.0 Å². The van der Waals surface area contributed by atoms with Gasteiger partial charge in [0, 0.05) is 18.2 Å². The van der Waals surface area contributed by atoms with Gasteiger partial charge in [-0.2, -0.15) is 0 Å². The van der Waals surface area contributed by atoms with Crippen LogP contribution in [0, 0.1) is 0 Å². The summed E-state index contributed by atoms with van der Waals surface area (Å²) in [6, 6.07) is 3.76. The maximum absolute atomic E-state index is 12.0. The molecule has 0 saturated heterocycles. The van der Waals surface area contributed by atoms with Gasteiger partial charge in [-0.1, -0.05) is 42.5 Å². The zero-order valence-corrected chi connectivity index (χ0v) is 14.5. The Hall–Kier alpha value is -0.840. The van der Waals surface area contributed by atoms with Gasteiger partial charge in [0.25, 0.3) is 5.91 Å². The van der Waals surface area contributed by atoms with E-state index in [4.69, 9.17) is 23.2 Å². The fourth-order valence-corrected chi connectivity index (χ4v) is 3.39. The minimum Gasteiger partial charge on any atom is -0.352 e.